The zero-order chi connectivity index (χ0) is 15.3. The molecule has 1 aliphatic rings. The summed E-state index contributed by atoms with van der Waals surface area (Å²) in [4.78, 5) is 17.6. The van der Waals surface area contributed by atoms with Crippen LogP contribution < -0.4 is 0 Å². The van der Waals surface area contributed by atoms with Crippen molar-refractivity contribution in [1.29, 1.82) is 0 Å². The van der Waals surface area contributed by atoms with Crippen molar-refractivity contribution in [3.05, 3.63) is 11.4 Å². The summed E-state index contributed by atoms with van der Waals surface area (Å²) in [5.74, 6) is 0. The van der Waals surface area contributed by atoms with Gasteiger partial charge >= 0.3 is 6.09 Å². The van der Waals surface area contributed by atoms with Crippen LogP contribution >= 0.6 is 0 Å². The molecule has 0 bridgehead atoms. The molecular formula is C12H19N3O4S. The van der Waals surface area contributed by atoms with E-state index in [0.29, 0.717) is 12.2 Å². The van der Waals surface area contributed by atoms with Gasteiger partial charge in [0.05, 0.1) is 24.5 Å². The van der Waals surface area contributed by atoms with E-state index in [1.165, 1.54) is 9.47 Å². The molecule has 0 unspecified atom stereocenters. The molecule has 0 aromatic carbocycles. The van der Waals surface area contributed by atoms with Gasteiger partial charge < -0.3 is 9.30 Å². The molecule has 0 saturated carbocycles. The highest BCUT2D eigenvalue weighted by molar-refractivity contribution is 7.90. The average Bonchev–Trinajstić information content (AvgIpc) is 2.75. The largest absolute Gasteiger partial charge is 0.444 e. The molecule has 0 fully saturated rings. The van der Waals surface area contributed by atoms with Crippen molar-refractivity contribution in [2.75, 3.05) is 6.26 Å². The predicted octanol–water partition coefficient (Wildman–Crippen LogP) is 1.07. The van der Waals surface area contributed by atoms with E-state index in [1.807, 2.05) is 0 Å². The summed E-state index contributed by atoms with van der Waals surface area (Å²) in [5.41, 5.74) is 0.784. The summed E-state index contributed by atoms with van der Waals surface area (Å²) in [5, 5.41) is 0.0336. The van der Waals surface area contributed by atoms with Gasteiger partial charge in [-0.15, -0.1) is 0 Å². The SMILES string of the molecule is Cn1c(S(C)(=O)=O)nc2c1CN(C(=O)OC(C)(C)C)C2. The van der Waals surface area contributed by atoms with Crippen molar-refractivity contribution in [2.24, 2.45) is 7.05 Å². The Bertz CT molecular complexity index is 655. The van der Waals surface area contributed by atoms with Gasteiger partial charge in [0, 0.05) is 13.3 Å². The molecule has 1 aromatic heterocycles. The van der Waals surface area contributed by atoms with Crippen LogP contribution in [0.15, 0.2) is 5.16 Å². The Kier molecular flexibility index (Phi) is 3.32. The molecule has 1 aromatic rings. The molecule has 20 heavy (non-hydrogen) atoms. The number of nitrogens with zero attached hydrogens (tertiary/aromatic N) is 3. The molecule has 2 heterocycles. The maximum Gasteiger partial charge on any atom is 0.410 e. The van der Waals surface area contributed by atoms with Crippen LogP contribution in [0.5, 0.6) is 0 Å². The minimum absolute atomic E-state index is 0.0336. The molecule has 0 radical (unpaired) electrons. The molecule has 7 nitrogen and oxygen atoms in total. The lowest BCUT2D eigenvalue weighted by molar-refractivity contribution is 0.0237. The quantitative estimate of drug-likeness (QED) is 0.775. The van der Waals surface area contributed by atoms with Crippen LogP contribution in [0.4, 0.5) is 4.79 Å². The Morgan fingerprint density at radius 3 is 2.35 bits per heavy atom. The number of rotatable bonds is 1. The molecule has 0 N–H and O–H groups in total. The normalized spacial score (nSPS) is 15.3. The van der Waals surface area contributed by atoms with Crippen LogP contribution in [-0.2, 0) is 34.7 Å². The number of hydrogen-bond acceptors (Lipinski definition) is 5. The van der Waals surface area contributed by atoms with Gasteiger partial charge in [-0.2, -0.15) is 0 Å². The molecule has 8 heteroatoms. The van der Waals surface area contributed by atoms with Crippen LogP contribution in [0.3, 0.4) is 0 Å². The smallest absolute Gasteiger partial charge is 0.410 e. The standard InChI is InChI=1S/C12H19N3O4S/c1-12(2,3)19-11(16)15-6-8-9(7-15)14(4)10(13-8)20(5,17)18/h6-7H2,1-5H3. The minimum atomic E-state index is -3.36. The van der Waals surface area contributed by atoms with E-state index in [-0.39, 0.29) is 11.7 Å². The summed E-state index contributed by atoms with van der Waals surface area (Å²) in [6.07, 6.45) is 0.701. The Balaban J connectivity index is 2.20. The third kappa shape index (κ3) is 2.79. The number of aromatic nitrogens is 2. The first kappa shape index (κ1) is 14.8. The molecular weight excluding hydrogens is 282 g/mol. The van der Waals surface area contributed by atoms with Crippen LogP contribution in [0.2, 0.25) is 0 Å². The van der Waals surface area contributed by atoms with Gasteiger partial charge in [0.1, 0.15) is 5.60 Å². The highest BCUT2D eigenvalue weighted by atomic mass is 32.2. The van der Waals surface area contributed by atoms with Gasteiger partial charge in [-0.1, -0.05) is 0 Å². The predicted molar refractivity (Wildman–Crippen MR) is 71.8 cm³/mol. The fourth-order valence-corrected chi connectivity index (χ4v) is 2.98. The lowest BCUT2D eigenvalue weighted by Gasteiger charge is -2.24. The zero-order valence-electron chi connectivity index (χ0n) is 12.3. The third-order valence-electron chi connectivity index (χ3n) is 2.92. The Hall–Kier alpha value is -1.57. The van der Waals surface area contributed by atoms with Crippen molar-refractivity contribution >= 4 is 15.9 Å². The minimum Gasteiger partial charge on any atom is -0.444 e. The van der Waals surface area contributed by atoms with Crippen molar-refractivity contribution in [3.63, 3.8) is 0 Å². The number of imidazole rings is 1. The highest BCUT2D eigenvalue weighted by Crippen LogP contribution is 2.26. The maximum atomic E-state index is 12.0. The second-order valence-corrected chi connectivity index (χ2v) is 7.86. The lowest BCUT2D eigenvalue weighted by atomic mass is 10.2. The summed E-state index contributed by atoms with van der Waals surface area (Å²) in [6.45, 7) is 5.98. The van der Waals surface area contributed by atoms with Crippen molar-refractivity contribution in [1.82, 2.24) is 14.5 Å². The second kappa shape index (κ2) is 4.47. The van der Waals surface area contributed by atoms with Gasteiger partial charge in [-0.05, 0) is 20.8 Å². The van der Waals surface area contributed by atoms with E-state index in [9.17, 15) is 13.2 Å². The Morgan fingerprint density at radius 1 is 1.30 bits per heavy atom. The van der Waals surface area contributed by atoms with E-state index >= 15 is 0 Å². The molecule has 1 aliphatic heterocycles. The Morgan fingerprint density at radius 2 is 1.90 bits per heavy atom. The van der Waals surface area contributed by atoms with Gasteiger partial charge in [-0.3, -0.25) is 4.90 Å². The number of fused-ring (bicyclic) bond motifs is 1. The highest BCUT2D eigenvalue weighted by Gasteiger charge is 2.33. The number of carbonyl (C=O) groups excluding carboxylic acids is 1. The Labute approximate surface area is 118 Å². The van der Waals surface area contributed by atoms with Crippen LogP contribution in [-0.4, -0.2) is 40.8 Å². The first-order valence-electron chi connectivity index (χ1n) is 6.21. The molecule has 0 saturated heterocycles. The van der Waals surface area contributed by atoms with Gasteiger partial charge in [0.2, 0.25) is 15.0 Å². The number of sulfone groups is 1. The second-order valence-electron chi connectivity index (χ2n) is 5.96. The number of ether oxygens (including phenoxy) is 1. The van der Waals surface area contributed by atoms with Gasteiger partial charge in [-0.25, -0.2) is 18.2 Å². The summed E-state index contributed by atoms with van der Waals surface area (Å²) < 4.78 is 30.0. The molecule has 0 aliphatic carbocycles. The van der Waals surface area contributed by atoms with E-state index in [0.717, 1.165) is 11.9 Å². The van der Waals surface area contributed by atoms with Crippen LogP contribution in [0.1, 0.15) is 32.2 Å². The fraction of sp³-hybridized carbons (Fsp3) is 0.667. The van der Waals surface area contributed by atoms with Crippen molar-refractivity contribution in [3.8, 4) is 0 Å². The lowest BCUT2D eigenvalue weighted by Crippen LogP contribution is -2.33. The van der Waals surface area contributed by atoms with E-state index in [1.54, 1.807) is 27.8 Å². The summed E-state index contributed by atoms with van der Waals surface area (Å²) in [7, 11) is -1.72. The number of hydrogen-bond donors (Lipinski definition) is 0. The average molecular weight is 301 g/mol. The van der Waals surface area contributed by atoms with Crippen molar-refractivity contribution < 1.29 is 17.9 Å². The molecule has 112 valence electrons. The van der Waals surface area contributed by atoms with Crippen LogP contribution in [0.25, 0.3) is 0 Å². The molecule has 0 spiro atoms. The van der Waals surface area contributed by atoms with E-state index in [2.05, 4.69) is 4.98 Å². The van der Waals surface area contributed by atoms with Crippen LogP contribution in [0, 0.1) is 0 Å². The van der Waals surface area contributed by atoms with Crippen molar-refractivity contribution in [2.45, 2.75) is 44.6 Å². The topological polar surface area (TPSA) is 81.5 Å². The third-order valence-corrected chi connectivity index (χ3v) is 3.95. The maximum absolute atomic E-state index is 12.0. The molecule has 1 amide bonds. The number of carbonyl (C=O) groups is 1. The van der Waals surface area contributed by atoms with Gasteiger partial charge in [0.15, 0.2) is 0 Å². The number of amides is 1. The summed E-state index contributed by atoms with van der Waals surface area (Å²) in [6, 6.07) is 0. The molecule has 0 atom stereocenters. The summed E-state index contributed by atoms with van der Waals surface area (Å²) >= 11 is 0. The first-order chi connectivity index (χ1) is 8.99. The molecule has 2 rings (SSSR count). The monoisotopic (exact) mass is 301 g/mol. The van der Waals surface area contributed by atoms with E-state index in [4.69, 9.17) is 4.74 Å². The van der Waals surface area contributed by atoms with Gasteiger partial charge in [0.25, 0.3) is 0 Å². The first-order valence-corrected chi connectivity index (χ1v) is 8.10. The fourth-order valence-electron chi connectivity index (χ4n) is 2.09. The van der Waals surface area contributed by atoms with E-state index < -0.39 is 21.5 Å². The zero-order valence-corrected chi connectivity index (χ0v) is 13.1.